The van der Waals surface area contributed by atoms with E-state index in [0.717, 1.165) is 48.6 Å². The molecule has 0 radical (unpaired) electrons. The molecule has 2 fully saturated rings. The number of carbonyl (C=O) groups is 4. The first-order valence-corrected chi connectivity index (χ1v) is 25.3. The smallest absolute Gasteiger partial charge is 0.355 e. The van der Waals surface area contributed by atoms with Crippen LogP contribution in [0.25, 0.3) is 33.3 Å². The van der Waals surface area contributed by atoms with E-state index < -0.39 is 57.4 Å². The van der Waals surface area contributed by atoms with E-state index >= 15 is 0 Å². The number of carbonyl (C=O) groups excluding carboxylic acids is 4. The van der Waals surface area contributed by atoms with Crippen LogP contribution in [0.2, 0.25) is 0 Å². The van der Waals surface area contributed by atoms with Gasteiger partial charge in [-0.25, -0.2) is 17.8 Å². The molecule has 1 unspecified atom stereocenters. The topological polar surface area (TPSA) is 259 Å². The first kappa shape index (κ1) is 49.4. The number of fused-ring (bicyclic) bond motifs is 2. The maximum Gasteiger partial charge on any atom is 0.355 e. The van der Waals surface area contributed by atoms with E-state index in [9.17, 15) is 40.8 Å². The Balaban J connectivity index is 0.760. The van der Waals surface area contributed by atoms with Crippen LogP contribution >= 0.6 is 0 Å². The van der Waals surface area contributed by atoms with Gasteiger partial charge >= 0.3 is 5.76 Å². The van der Waals surface area contributed by atoms with Crippen molar-refractivity contribution in [3.63, 3.8) is 0 Å². The Hall–Kier alpha value is -8.19. The van der Waals surface area contributed by atoms with E-state index in [1.54, 1.807) is 53.9 Å². The molecule has 4 amide bonds. The van der Waals surface area contributed by atoms with Gasteiger partial charge in [0, 0.05) is 87.0 Å². The molecule has 3 aromatic carbocycles. The number of anilines is 3. The highest BCUT2D eigenvalue weighted by Gasteiger charge is 2.45. The molecule has 4 aromatic heterocycles. The summed E-state index contributed by atoms with van der Waals surface area (Å²) < 4.78 is 78.7. The molecule has 2 saturated heterocycles. The first-order chi connectivity index (χ1) is 35.5. The number of ether oxygens (including phenoxy) is 1. The molecule has 5 N–H and O–H groups in total. The molecule has 7 heterocycles. The Morgan fingerprint density at radius 3 is 2.46 bits per heavy atom. The summed E-state index contributed by atoms with van der Waals surface area (Å²) in [5.41, 5.74) is 11.4. The second-order valence-corrected chi connectivity index (χ2v) is 19.9. The minimum absolute atomic E-state index is 0.0386. The van der Waals surface area contributed by atoms with Gasteiger partial charge in [0.1, 0.15) is 35.2 Å². The van der Waals surface area contributed by atoms with Crippen molar-refractivity contribution < 1.29 is 45.5 Å². The fourth-order valence-electron chi connectivity index (χ4n) is 9.67. The number of alkyl halides is 2. The molecule has 384 valence electrons. The van der Waals surface area contributed by atoms with Gasteiger partial charge in [0.05, 0.1) is 52.2 Å². The van der Waals surface area contributed by atoms with Gasteiger partial charge in [-0.3, -0.25) is 48.2 Å². The Morgan fingerprint density at radius 2 is 1.70 bits per heavy atom. The highest BCUT2D eigenvalue weighted by atomic mass is 32.2. The van der Waals surface area contributed by atoms with Crippen LogP contribution in [0.5, 0.6) is 5.75 Å². The second-order valence-electron chi connectivity index (χ2n) is 18.3. The van der Waals surface area contributed by atoms with Crippen molar-refractivity contribution in [2.75, 3.05) is 42.0 Å². The summed E-state index contributed by atoms with van der Waals surface area (Å²) in [6.45, 7) is 5.07. The number of halogens is 3. The van der Waals surface area contributed by atoms with Crippen molar-refractivity contribution in [2.24, 2.45) is 7.05 Å². The number of hydrogen-bond donors (Lipinski definition) is 4. The fraction of sp³-hybridized carbons (Fsp3) is 0.327. The van der Waals surface area contributed by atoms with Gasteiger partial charge in [-0.1, -0.05) is 29.5 Å². The van der Waals surface area contributed by atoms with Crippen LogP contribution in [-0.4, -0.2) is 119 Å². The van der Waals surface area contributed by atoms with Crippen LogP contribution < -0.4 is 25.8 Å². The van der Waals surface area contributed by atoms with E-state index in [1.807, 2.05) is 21.8 Å². The van der Waals surface area contributed by atoms with Crippen LogP contribution in [0.15, 0.2) is 85.5 Å². The van der Waals surface area contributed by atoms with Crippen LogP contribution in [0, 0.1) is 5.82 Å². The van der Waals surface area contributed by atoms with Gasteiger partial charge in [0.2, 0.25) is 11.8 Å². The molecule has 0 spiro atoms. The Morgan fingerprint density at radius 1 is 0.919 bits per heavy atom. The number of sulfonamides is 1. The van der Waals surface area contributed by atoms with E-state index in [4.69, 9.17) is 20.7 Å². The highest BCUT2D eigenvalue weighted by molar-refractivity contribution is 7.93. The number of rotatable bonds is 17. The molecule has 0 aliphatic carbocycles. The number of aryl methyl sites for hydroxylation is 1. The average molecular weight is 1040 g/mol. The molecular formula is C49H49F3N14O7S. The zero-order valence-electron chi connectivity index (χ0n) is 39.9. The average Bonchev–Trinajstić information content (AvgIpc) is 4.19. The standard InChI is InChI=1S/C49H49F3N14O7S/c1-27(28-6-9-31(50)10-7-28)73-39-22-29(8-11-36(39)60-74(71,72)49(51)52)43-42-44(62(2)59-43)35(24-55-45(42)53)30-23-56-65(25-30)33-15-18-63(19-16-33)20-21-64-26-32(58-61-64)14-17-54-37-5-3-4-34-41(37)48(70)66(47(34)69)38-12-13-40(67)57-46(38)68/h3-11,22-27,33,38,49,54,60H,12-21H2,1-2H3,(H2,53,55)(H,57,67,68)/t27-,38?/m0/s1. The quantitative estimate of drug-likeness (QED) is 0.0843. The number of benzene rings is 3. The lowest BCUT2D eigenvalue weighted by atomic mass is 10.0. The van der Waals surface area contributed by atoms with Crippen molar-refractivity contribution in [1.82, 2.24) is 54.7 Å². The normalized spacial score (nSPS) is 17.1. The maximum absolute atomic E-state index is 13.7. The number of nitrogens with two attached hydrogens (primary N) is 1. The van der Waals surface area contributed by atoms with Crippen molar-refractivity contribution in [2.45, 2.75) is 69.5 Å². The molecule has 10 rings (SSSR count). The molecule has 7 aromatic rings. The SMILES string of the molecule is C[C@H](Oc1cc(-c2nn(C)c3c(-c4cnn(C5CCN(CCn6cc(CCNc7cccc8c7C(=O)N(C7CCC(=O)NC7=O)C8=O)nn6)CC5)c4)cnc(N)c23)ccc1NS(=O)(=O)C(F)F)c1ccc(F)cc1. The predicted molar refractivity (Wildman–Crippen MR) is 264 cm³/mol. The Kier molecular flexibility index (Phi) is 13.4. The molecule has 3 aliphatic rings. The summed E-state index contributed by atoms with van der Waals surface area (Å²) in [6, 6.07) is 13.8. The summed E-state index contributed by atoms with van der Waals surface area (Å²) in [7, 11) is -3.32. The zero-order valence-corrected chi connectivity index (χ0v) is 40.7. The van der Waals surface area contributed by atoms with Gasteiger partial charge in [-0.05, 0) is 68.1 Å². The Bertz CT molecular complexity index is 3450. The van der Waals surface area contributed by atoms with Gasteiger partial charge < -0.3 is 20.7 Å². The minimum atomic E-state index is -5.07. The molecule has 2 atom stereocenters. The number of imide groups is 2. The van der Waals surface area contributed by atoms with Gasteiger partial charge in [-0.15, -0.1) is 5.10 Å². The largest absolute Gasteiger partial charge is 0.484 e. The molecule has 0 saturated carbocycles. The summed E-state index contributed by atoms with van der Waals surface area (Å²) >= 11 is 0. The minimum Gasteiger partial charge on any atom is -0.484 e. The third-order valence-corrected chi connectivity index (χ3v) is 14.5. The lowest BCUT2D eigenvalue weighted by Gasteiger charge is -2.31. The number of hydrogen-bond acceptors (Lipinski definition) is 15. The molecule has 0 bridgehead atoms. The number of amides is 4. The van der Waals surface area contributed by atoms with Crippen LogP contribution in [0.1, 0.15) is 76.7 Å². The first-order valence-electron chi connectivity index (χ1n) is 23.7. The number of nitrogen functional groups attached to an aromatic ring is 1. The van der Waals surface area contributed by atoms with E-state index in [-0.39, 0.29) is 47.3 Å². The number of nitrogens with one attached hydrogen (secondary N) is 3. The van der Waals surface area contributed by atoms with Crippen molar-refractivity contribution >= 4 is 61.7 Å². The van der Waals surface area contributed by atoms with E-state index in [2.05, 4.69) is 30.8 Å². The summed E-state index contributed by atoms with van der Waals surface area (Å²) in [6.07, 6.45) is 8.81. The highest BCUT2D eigenvalue weighted by Crippen LogP contribution is 2.41. The Labute approximate surface area is 420 Å². The maximum atomic E-state index is 13.7. The van der Waals surface area contributed by atoms with Crippen molar-refractivity contribution in [1.29, 1.82) is 0 Å². The van der Waals surface area contributed by atoms with Gasteiger partial charge in [0.25, 0.3) is 21.8 Å². The number of pyridine rings is 1. The fourth-order valence-corrected chi connectivity index (χ4v) is 10.2. The van der Waals surface area contributed by atoms with Crippen LogP contribution in [0.4, 0.5) is 30.4 Å². The van der Waals surface area contributed by atoms with E-state index in [0.29, 0.717) is 58.5 Å². The number of likely N-dealkylation sites (tertiary alicyclic amines) is 1. The van der Waals surface area contributed by atoms with Crippen molar-refractivity contribution in [3.05, 3.63) is 114 Å². The second kappa shape index (κ2) is 20.0. The monoisotopic (exact) mass is 1030 g/mol. The van der Waals surface area contributed by atoms with Crippen LogP contribution in [-0.2, 0) is 39.6 Å². The molecule has 74 heavy (non-hydrogen) atoms. The number of piperidine rings is 2. The lowest BCUT2D eigenvalue weighted by molar-refractivity contribution is -0.136. The van der Waals surface area contributed by atoms with Crippen molar-refractivity contribution in [3.8, 4) is 28.1 Å². The third-order valence-electron chi connectivity index (χ3n) is 13.5. The third kappa shape index (κ3) is 9.73. The molecule has 21 nitrogen and oxygen atoms in total. The molecule has 3 aliphatic heterocycles. The lowest BCUT2D eigenvalue weighted by Crippen LogP contribution is -2.54. The number of nitrogens with zero attached hydrogens (tertiary/aromatic N) is 10. The molecule has 25 heteroatoms. The molecular weight excluding hydrogens is 986 g/mol. The van der Waals surface area contributed by atoms with Crippen LogP contribution in [0.3, 0.4) is 0 Å². The summed E-state index contributed by atoms with van der Waals surface area (Å²) in [5.74, 6) is -6.33. The summed E-state index contributed by atoms with van der Waals surface area (Å²) in [5, 5.41) is 24.2. The predicted octanol–water partition coefficient (Wildman–Crippen LogP) is 5.31. The van der Waals surface area contributed by atoms with E-state index in [1.165, 1.54) is 42.5 Å². The summed E-state index contributed by atoms with van der Waals surface area (Å²) in [4.78, 5) is 58.7. The zero-order chi connectivity index (χ0) is 52.0. The van der Waals surface area contributed by atoms with Gasteiger partial charge in [0.15, 0.2) is 0 Å². The number of aromatic nitrogens is 8. The van der Waals surface area contributed by atoms with Gasteiger partial charge in [-0.2, -0.15) is 19.0 Å².